The summed E-state index contributed by atoms with van der Waals surface area (Å²) in [6.45, 7) is 25.9. The molecule has 0 unspecified atom stereocenters. The van der Waals surface area contributed by atoms with Gasteiger partial charge in [-0.25, -0.2) is 0 Å². The molecule has 0 aromatic rings. The number of piperidine rings is 1. The lowest BCUT2D eigenvalue weighted by Crippen LogP contribution is -2.52. The van der Waals surface area contributed by atoms with Crippen LogP contribution in [0.2, 0.25) is 0 Å². The smallest absolute Gasteiger partial charge is 0.222 e. The van der Waals surface area contributed by atoms with Crippen molar-refractivity contribution in [2.45, 2.75) is 113 Å². The van der Waals surface area contributed by atoms with Crippen LogP contribution in [0.1, 0.15) is 101 Å². The zero-order valence-corrected chi connectivity index (χ0v) is 22.9. The summed E-state index contributed by atoms with van der Waals surface area (Å²) in [6.07, 6.45) is 16.8. The molecule has 1 amide bonds. The predicted octanol–water partition coefficient (Wildman–Crippen LogP) is 8.45. The quantitative estimate of drug-likeness (QED) is 0.370. The van der Waals surface area contributed by atoms with Crippen molar-refractivity contribution in [1.82, 2.24) is 9.80 Å². The summed E-state index contributed by atoms with van der Waals surface area (Å²) in [4.78, 5) is 16.4. The van der Waals surface area contributed by atoms with E-state index in [1.807, 2.05) is 45.7 Å². The lowest BCUT2D eigenvalue weighted by Gasteiger charge is -2.45. The highest BCUT2D eigenvalue weighted by atomic mass is 16.2. The predicted molar refractivity (Wildman–Crippen MR) is 152 cm³/mol. The van der Waals surface area contributed by atoms with E-state index in [0.29, 0.717) is 18.4 Å². The van der Waals surface area contributed by atoms with Crippen molar-refractivity contribution in [2.24, 2.45) is 5.92 Å². The SMILES string of the molecule is C.C=CC.C=CC(C)C.CC.CCC(=O)N(C)C1CCN(C(C)(C)CC2=CC=CCC2)CC1. The minimum atomic E-state index is 0. The number of carbonyl (C=O) groups excluding carboxylic acids is 1. The largest absolute Gasteiger partial charge is 0.343 e. The third kappa shape index (κ3) is 15.8. The molecule has 0 bridgehead atoms. The molecular weight excluding hydrogens is 404 g/mol. The number of amides is 1. The number of hydrogen-bond acceptors (Lipinski definition) is 2. The van der Waals surface area contributed by atoms with E-state index >= 15 is 0 Å². The van der Waals surface area contributed by atoms with E-state index in [1.54, 1.807) is 11.6 Å². The van der Waals surface area contributed by atoms with Gasteiger partial charge in [0.2, 0.25) is 5.91 Å². The van der Waals surface area contributed by atoms with Gasteiger partial charge in [-0.15, -0.1) is 13.2 Å². The summed E-state index contributed by atoms with van der Waals surface area (Å²) in [6, 6.07) is 0.427. The fourth-order valence-electron chi connectivity index (χ4n) is 3.78. The van der Waals surface area contributed by atoms with Gasteiger partial charge >= 0.3 is 0 Å². The van der Waals surface area contributed by atoms with Crippen LogP contribution in [0, 0.1) is 5.92 Å². The van der Waals surface area contributed by atoms with Crippen molar-refractivity contribution in [3.63, 3.8) is 0 Å². The van der Waals surface area contributed by atoms with Crippen LogP contribution in [-0.4, -0.2) is 47.4 Å². The zero-order valence-electron chi connectivity index (χ0n) is 22.9. The fraction of sp³-hybridized carbons (Fsp3) is 0.700. The summed E-state index contributed by atoms with van der Waals surface area (Å²) >= 11 is 0. The van der Waals surface area contributed by atoms with Gasteiger partial charge in [0.1, 0.15) is 0 Å². The van der Waals surface area contributed by atoms with Crippen LogP contribution in [-0.2, 0) is 4.79 Å². The first-order valence-corrected chi connectivity index (χ1v) is 12.7. The second-order valence-corrected chi connectivity index (χ2v) is 9.25. The van der Waals surface area contributed by atoms with Crippen LogP contribution >= 0.6 is 0 Å². The molecule has 2 aliphatic rings. The average Bonchev–Trinajstić information content (AvgIpc) is 2.80. The number of hydrogen-bond donors (Lipinski definition) is 0. The van der Waals surface area contributed by atoms with Crippen molar-refractivity contribution < 1.29 is 4.79 Å². The summed E-state index contributed by atoms with van der Waals surface area (Å²) in [7, 11) is 1.97. The highest BCUT2D eigenvalue weighted by molar-refractivity contribution is 5.75. The molecule has 3 heteroatoms. The normalized spacial score (nSPS) is 15.8. The summed E-state index contributed by atoms with van der Waals surface area (Å²) < 4.78 is 0. The molecule has 0 N–H and O–H groups in total. The van der Waals surface area contributed by atoms with Gasteiger partial charge in [0.15, 0.2) is 0 Å². The van der Waals surface area contributed by atoms with Crippen LogP contribution in [0.5, 0.6) is 0 Å². The maximum atomic E-state index is 11.9. The number of rotatable bonds is 6. The third-order valence-electron chi connectivity index (χ3n) is 5.80. The second-order valence-electron chi connectivity index (χ2n) is 9.25. The Bertz CT molecular complexity index is 564. The van der Waals surface area contributed by atoms with Gasteiger partial charge in [-0.3, -0.25) is 9.69 Å². The lowest BCUT2D eigenvalue weighted by molar-refractivity contribution is -0.132. The maximum absolute atomic E-state index is 11.9. The minimum absolute atomic E-state index is 0. The van der Waals surface area contributed by atoms with E-state index in [2.05, 4.69) is 64.0 Å². The topological polar surface area (TPSA) is 23.6 Å². The Morgan fingerprint density at radius 3 is 2.09 bits per heavy atom. The van der Waals surface area contributed by atoms with Crippen LogP contribution < -0.4 is 0 Å². The number of nitrogens with zero attached hydrogens (tertiary/aromatic N) is 2. The first-order valence-electron chi connectivity index (χ1n) is 12.7. The highest BCUT2D eigenvalue weighted by Crippen LogP contribution is 2.30. The zero-order chi connectivity index (χ0) is 25.2. The van der Waals surface area contributed by atoms with Crippen molar-refractivity contribution in [3.8, 4) is 0 Å². The fourth-order valence-corrected chi connectivity index (χ4v) is 3.78. The Balaban J connectivity index is -0.000000700. The molecule has 1 aliphatic carbocycles. The van der Waals surface area contributed by atoms with Crippen LogP contribution in [0.4, 0.5) is 0 Å². The van der Waals surface area contributed by atoms with Gasteiger partial charge in [-0.2, -0.15) is 0 Å². The van der Waals surface area contributed by atoms with Gasteiger partial charge in [0, 0.05) is 38.1 Å². The van der Waals surface area contributed by atoms with Crippen LogP contribution in [0.15, 0.2) is 49.1 Å². The molecule has 0 atom stereocenters. The summed E-state index contributed by atoms with van der Waals surface area (Å²) in [5.74, 6) is 0.923. The molecule has 2 rings (SSSR count). The summed E-state index contributed by atoms with van der Waals surface area (Å²) in [5, 5.41) is 0. The first-order chi connectivity index (χ1) is 15.1. The monoisotopic (exact) mass is 462 g/mol. The number of carbonyl (C=O) groups is 1. The number of likely N-dealkylation sites (tertiary alicyclic amines) is 1. The Labute approximate surface area is 208 Å². The van der Waals surface area contributed by atoms with Crippen LogP contribution in [0.25, 0.3) is 0 Å². The molecule has 0 aromatic heterocycles. The van der Waals surface area contributed by atoms with Gasteiger partial charge in [0.05, 0.1) is 0 Å². The molecule has 3 nitrogen and oxygen atoms in total. The molecule has 1 fully saturated rings. The van der Waals surface area contributed by atoms with Gasteiger partial charge in [-0.1, -0.05) is 78.0 Å². The van der Waals surface area contributed by atoms with Crippen molar-refractivity contribution in [3.05, 3.63) is 49.1 Å². The molecule has 194 valence electrons. The van der Waals surface area contributed by atoms with E-state index in [1.165, 1.54) is 12.8 Å². The molecule has 1 aliphatic heterocycles. The van der Waals surface area contributed by atoms with Crippen LogP contribution in [0.3, 0.4) is 0 Å². The van der Waals surface area contributed by atoms with E-state index in [0.717, 1.165) is 32.4 Å². The van der Waals surface area contributed by atoms with Gasteiger partial charge in [0.25, 0.3) is 0 Å². The van der Waals surface area contributed by atoms with E-state index in [-0.39, 0.29) is 18.9 Å². The number of allylic oxidation sites excluding steroid dienone is 5. The van der Waals surface area contributed by atoms with Crippen molar-refractivity contribution in [2.75, 3.05) is 20.1 Å². The Kier molecular flexibility index (Phi) is 22.8. The Hall–Kier alpha value is -1.61. The lowest BCUT2D eigenvalue weighted by atomic mass is 9.87. The molecule has 0 saturated carbocycles. The molecule has 1 heterocycles. The second kappa shape index (κ2) is 21.0. The Morgan fingerprint density at radius 1 is 1.24 bits per heavy atom. The molecule has 0 spiro atoms. The molecular formula is C30H58N2O. The van der Waals surface area contributed by atoms with E-state index < -0.39 is 0 Å². The molecule has 1 saturated heterocycles. The van der Waals surface area contributed by atoms with Gasteiger partial charge < -0.3 is 4.90 Å². The minimum Gasteiger partial charge on any atom is -0.343 e. The molecule has 0 aromatic carbocycles. The maximum Gasteiger partial charge on any atom is 0.222 e. The van der Waals surface area contributed by atoms with E-state index in [4.69, 9.17) is 0 Å². The molecule has 0 radical (unpaired) electrons. The highest BCUT2D eigenvalue weighted by Gasteiger charge is 2.33. The Morgan fingerprint density at radius 2 is 1.73 bits per heavy atom. The average molecular weight is 463 g/mol. The summed E-state index contributed by atoms with van der Waals surface area (Å²) in [5.41, 5.74) is 1.79. The first kappa shape index (κ1) is 36.0. The standard InChI is InChI=1S/C19H32N2O.C5H10.C3H6.C2H6.CH4/c1-5-18(22)20(4)17-11-13-21(14-12-17)19(2,3)15-16-9-7-6-8-10-16;1-4-5(2)3;1-3-2;1-2;/h6-7,9,17H,5,8,10-15H2,1-4H3;4-5H,1H2,2-3H3;3H,1H2,2H3;1-2H3;1H4. The van der Waals surface area contributed by atoms with Crippen molar-refractivity contribution in [1.29, 1.82) is 0 Å². The van der Waals surface area contributed by atoms with Gasteiger partial charge in [-0.05, 0) is 58.8 Å². The molecule has 33 heavy (non-hydrogen) atoms. The third-order valence-corrected chi connectivity index (χ3v) is 5.80. The van der Waals surface area contributed by atoms with E-state index in [9.17, 15) is 4.79 Å². The van der Waals surface area contributed by atoms with Crippen molar-refractivity contribution >= 4 is 5.91 Å².